The monoisotopic (exact) mass is 118 g/mol. The fraction of sp³-hybridized carbons (Fsp3) is 0.600. The average molecular weight is 118 g/mol. The zero-order valence-electron chi connectivity index (χ0n) is 4.41. The molecule has 0 amide bonds. The molecule has 0 N–H and O–H groups in total. The van der Waals surface area contributed by atoms with Crippen molar-refractivity contribution in [1.82, 2.24) is 0 Å². The van der Waals surface area contributed by atoms with E-state index in [4.69, 9.17) is 0 Å². The van der Waals surface area contributed by atoms with E-state index < -0.39 is 0 Å². The molecule has 0 nitrogen and oxygen atoms in total. The minimum absolute atomic E-state index is 0. The summed E-state index contributed by atoms with van der Waals surface area (Å²) in [5, 5.41) is 0. The molecule has 0 heterocycles. The molecule has 0 aliphatic heterocycles. The Morgan fingerprint density at radius 3 is 1.17 bits per heavy atom. The standard InChI is InChI=1S/C5H10.Ti/c1-5(2,3)4;/h1-2H2,3-4H3;/q-2;+2. The van der Waals surface area contributed by atoms with Crippen LogP contribution in [0.1, 0.15) is 13.8 Å². The Hall–Kier alpha value is 0.714. The molecule has 0 spiro atoms. The van der Waals surface area contributed by atoms with Crippen LogP contribution in [0.3, 0.4) is 0 Å². The van der Waals surface area contributed by atoms with Crippen molar-refractivity contribution in [2.45, 2.75) is 13.8 Å². The third kappa shape index (κ3) is 127. The van der Waals surface area contributed by atoms with E-state index in [2.05, 4.69) is 13.8 Å². The minimum Gasteiger partial charge on any atom is -0.367 e. The van der Waals surface area contributed by atoms with Gasteiger partial charge in [0.05, 0.1) is 0 Å². The quantitative estimate of drug-likeness (QED) is 0.335. The maximum absolute atomic E-state index is 3.66. The second-order valence-corrected chi connectivity index (χ2v) is 2.16. The average Bonchev–Trinajstić information content (AvgIpc) is 0.722. The van der Waals surface area contributed by atoms with Crippen LogP contribution in [-0.2, 0) is 21.7 Å². The van der Waals surface area contributed by atoms with Crippen molar-refractivity contribution in [2.75, 3.05) is 0 Å². The van der Waals surface area contributed by atoms with Gasteiger partial charge in [-0.05, 0) is 0 Å². The largest absolute Gasteiger partial charge is 2.00 e. The molecule has 0 radical (unpaired) electrons. The Morgan fingerprint density at radius 1 is 1.17 bits per heavy atom. The van der Waals surface area contributed by atoms with E-state index in [-0.39, 0.29) is 27.1 Å². The Kier molecular flexibility index (Phi) is 4.63. The van der Waals surface area contributed by atoms with Crippen molar-refractivity contribution in [3.8, 4) is 0 Å². The molecule has 0 rings (SSSR count). The molecule has 0 atom stereocenters. The Bertz CT molecular complexity index is 19.4. The van der Waals surface area contributed by atoms with Crippen molar-refractivity contribution >= 4 is 0 Å². The number of rotatable bonds is 0. The van der Waals surface area contributed by atoms with Crippen molar-refractivity contribution in [3.05, 3.63) is 13.8 Å². The maximum Gasteiger partial charge on any atom is 2.00 e. The summed E-state index contributed by atoms with van der Waals surface area (Å²) in [5.74, 6) is 0. The predicted molar refractivity (Wildman–Crippen MR) is 24.5 cm³/mol. The molecule has 0 aliphatic carbocycles. The van der Waals surface area contributed by atoms with E-state index >= 15 is 0 Å². The first-order chi connectivity index (χ1) is 2.00. The van der Waals surface area contributed by atoms with Crippen molar-refractivity contribution in [3.63, 3.8) is 0 Å². The molecule has 6 heavy (non-hydrogen) atoms. The SMILES string of the molecule is [CH2-]C([CH2-])(C)C.[Ti+2]. The molecule has 1 heteroatoms. The van der Waals surface area contributed by atoms with Crippen LogP contribution in [0.4, 0.5) is 0 Å². The molecular weight excluding hydrogens is 108 g/mol. The third-order valence-corrected chi connectivity index (χ3v) is 0. The van der Waals surface area contributed by atoms with Crippen molar-refractivity contribution in [1.29, 1.82) is 0 Å². The summed E-state index contributed by atoms with van der Waals surface area (Å²) in [6.45, 7) is 11.2. The summed E-state index contributed by atoms with van der Waals surface area (Å²) >= 11 is 0. The molecule has 0 aromatic carbocycles. The van der Waals surface area contributed by atoms with Gasteiger partial charge in [0.1, 0.15) is 0 Å². The summed E-state index contributed by atoms with van der Waals surface area (Å²) in [7, 11) is 0. The summed E-state index contributed by atoms with van der Waals surface area (Å²) < 4.78 is 0. The summed E-state index contributed by atoms with van der Waals surface area (Å²) in [5.41, 5.74) is 0. The maximum atomic E-state index is 3.66. The zero-order chi connectivity index (χ0) is 4.50. The van der Waals surface area contributed by atoms with Gasteiger partial charge in [-0.15, -0.1) is 13.8 Å². The number of hydrogen-bond donors (Lipinski definition) is 0. The first-order valence-electron chi connectivity index (χ1n) is 1.71. The Morgan fingerprint density at radius 2 is 1.17 bits per heavy atom. The minimum atomic E-state index is 0. The molecule has 0 unspecified atom stereocenters. The van der Waals surface area contributed by atoms with Gasteiger partial charge in [0, 0.05) is 0 Å². The summed E-state index contributed by atoms with van der Waals surface area (Å²) in [4.78, 5) is 0. The van der Waals surface area contributed by atoms with Crippen LogP contribution in [0.15, 0.2) is 0 Å². The van der Waals surface area contributed by atoms with Gasteiger partial charge in [-0.1, -0.05) is 0 Å². The van der Waals surface area contributed by atoms with Gasteiger partial charge in [0.2, 0.25) is 0 Å². The van der Waals surface area contributed by atoms with E-state index in [9.17, 15) is 0 Å². The smallest absolute Gasteiger partial charge is 0.367 e. The first kappa shape index (κ1) is 9.86. The van der Waals surface area contributed by atoms with Gasteiger partial charge in [-0.3, -0.25) is 5.41 Å². The van der Waals surface area contributed by atoms with Crippen LogP contribution in [0.25, 0.3) is 0 Å². The molecule has 0 aromatic heterocycles. The van der Waals surface area contributed by atoms with Gasteiger partial charge in [0.25, 0.3) is 0 Å². The topological polar surface area (TPSA) is 0 Å². The van der Waals surface area contributed by atoms with E-state index in [0.29, 0.717) is 0 Å². The van der Waals surface area contributed by atoms with E-state index in [0.717, 1.165) is 0 Å². The van der Waals surface area contributed by atoms with Crippen LogP contribution < -0.4 is 0 Å². The number of hydrogen-bond acceptors (Lipinski definition) is 0. The molecule has 0 bridgehead atoms. The van der Waals surface area contributed by atoms with Gasteiger partial charge in [-0.25, -0.2) is 0 Å². The van der Waals surface area contributed by atoms with Crippen LogP contribution in [0.5, 0.6) is 0 Å². The Balaban J connectivity index is 0. The molecule has 0 aliphatic rings. The van der Waals surface area contributed by atoms with Crippen LogP contribution in [-0.4, -0.2) is 0 Å². The first-order valence-corrected chi connectivity index (χ1v) is 1.71. The molecule has 0 fully saturated rings. The zero-order valence-corrected chi connectivity index (χ0v) is 5.98. The molecule has 34 valence electrons. The molecule has 0 saturated carbocycles. The predicted octanol–water partition coefficient (Wildman–Crippen LogP) is 1.68. The van der Waals surface area contributed by atoms with Crippen LogP contribution >= 0.6 is 0 Å². The van der Waals surface area contributed by atoms with Gasteiger partial charge < -0.3 is 13.8 Å². The fourth-order valence-corrected chi connectivity index (χ4v) is 0. The van der Waals surface area contributed by atoms with Crippen molar-refractivity contribution < 1.29 is 21.7 Å². The second-order valence-electron chi connectivity index (χ2n) is 2.16. The van der Waals surface area contributed by atoms with E-state index in [1.807, 2.05) is 13.8 Å². The van der Waals surface area contributed by atoms with Crippen molar-refractivity contribution in [2.24, 2.45) is 5.41 Å². The van der Waals surface area contributed by atoms with Crippen LogP contribution in [0, 0.1) is 19.3 Å². The molecule has 0 aromatic rings. The van der Waals surface area contributed by atoms with Crippen LogP contribution in [0.2, 0.25) is 0 Å². The summed E-state index contributed by atoms with van der Waals surface area (Å²) in [6, 6.07) is 0. The Labute approximate surface area is 55.2 Å². The molecule has 0 saturated heterocycles. The third-order valence-electron chi connectivity index (χ3n) is 0. The van der Waals surface area contributed by atoms with E-state index in [1.165, 1.54) is 0 Å². The van der Waals surface area contributed by atoms with Gasteiger partial charge in [0.15, 0.2) is 0 Å². The second kappa shape index (κ2) is 2.82. The fourth-order valence-electron chi connectivity index (χ4n) is 0. The molecular formula is C5H10Ti. The van der Waals surface area contributed by atoms with E-state index in [1.54, 1.807) is 0 Å². The normalized spacial score (nSPS) is 10.0. The summed E-state index contributed by atoms with van der Waals surface area (Å²) in [6.07, 6.45) is 0. The van der Waals surface area contributed by atoms with Gasteiger partial charge in [-0.2, -0.15) is 0 Å². The van der Waals surface area contributed by atoms with Gasteiger partial charge >= 0.3 is 21.7 Å².